The van der Waals surface area contributed by atoms with Crippen molar-refractivity contribution in [3.63, 3.8) is 0 Å². The lowest BCUT2D eigenvalue weighted by Crippen LogP contribution is -2.40. The van der Waals surface area contributed by atoms with Crippen molar-refractivity contribution in [2.45, 2.75) is 62.9 Å². The van der Waals surface area contributed by atoms with E-state index in [2.05, 4.69) is 24.3 Å². The van der Waals surface area contributed by atoms with Crippen LogP contribution in [-0.2, 0) is 21.4 Å². The van der Waals surface area contributed by atoms with Gasteiger partial charge >= 0.3 is 5.97 Å². The van der Waals surface area contributed by atoms with Crippen LogP contribution in [-0.4, -0.2) is 29.8 Å². The van der Waals surface area contributed by atoms with Gasteiger partial charge in [-0.2, -0.15) is 4.31 Å². The Bertz CT molecular complexity index is 1050. The molecule has 5 nitrogen and oxygen atoms in total. The van der Waals surface area contributed by atoms with Crippen LogP contribution in [0.4, 0.5) is 0 Å². The summed E-state index contributed by atoms with van der Waals surface area (Å²) in [7, 11) is -3.77. The molecule has 2 heterocycles. The van der Waals surface area contributed by atoms with Gasteiger partial charge in [0.15, 0.2) is 0 Å². The van der Waals surface area contributed by atoms with E-state index in [0.717, 1.165) is 20.3 Å². The van der Waals surface area contributed by atoms with Crippen molar-refractivity contribution >= 4 is 33.4 Å². The van der Waals surface area contributed by atoms with Crippen LogP contribution >= 0.6 is 11.3 Å². The van der Waals surface area contributed by atoms with E-state index < -0.39 is 22.0 Å². The van der Waals surface area contributed by atoms with Crippen molar-refractivity contribution < 1.29 is 18.3 Å². The Labute approximate surface area is 182 Å². The maximum atomic E-state index is 12.9. The summed E-state index contributed by atoms with van der Waals surface area (Å²) in [5, 5.41) is 9.36. The fraction of sp³-hybridized carbons (Fsp3) is 0.435. The molecule has 1 fully saturated rings. The number of fused-ring (bicyclic) bond motifs is 1. The Morgan fingerprint density at radius 1 is 1.23 bits per heavy atom. The van der Waals surface area contributed by atoms with Gasteiger partial charge in [0.05, 0.1) is 11.4 Å². The first kappa shape index (κ1) is 21.3. The molecule has 0 bridgehead atoms. The first-order valence-corrected chi connectivity index (χ1v) is 12.8. The average molecular weight is 446 g/mol. The molecular formula is C23H27NO4S2. The Balaban J connectivity index is 1.51. The highest BCUT2D eigenvalue weighted by Gasteiger charge is 2.42. The third-order valence-electron chi connectivity index (χ3n) is 6.08. The molecule has 1 unspecified atom stereocenters. The normalized spacial score (nSPS) is 20.4. The van der Waals surface area contributed by atoms with E-state index >= 15 is 0 Å². The van der Waals surface area contributed by atoms with Gasteiger partial charge in [0, 0.05) is 9.75 Å². The molecule has 1 aromatic heterocycles. The zero-order valence-corrected chi connectivity index (χ0v) is 18.7. The van der Waals surface area contributed by atoms with Gasteiger partial charge in [-0.1, -0.05) is 62.6 Å². The van der Waals surface area contributed by atoms with Gasteiger partial charge in [-0.25, -0.2) is 8.42 Å². The zero-order valence-electron chi connectivity index (χ0n) is 17.1. The van der Waals surface area contributed by atoms with Gasteiger partial charge in [0.1, 0.15) is 6.04 Å². The molecule has 0 spiro atoms. The van der Waals surface area contributed by atoms with Gasteiger partial charge in [0.2, 0.25) is 10.0 Å². The molecule has 1 atom stereocenters. The minimum absolute atomic E-state index is 0.134. The van der Waals surface area contributed by atoms with Crippen LogP contribution in [0, 0.1) is 5.92 Å². The Morgan fingerprint density at radius 2 is 1.93 bits per heavy atom. The number of hydrogen-bond acceptors (Lipinski definition) is 4. The molecule has 30 heavy (non-hydrogen) atoms. The fourth-order valence-corrected chi connectivity index (χ4v) is 7.75. The van der Waals surface area contributed by atoms with Crippen molar-refractivity contribution in [3.8, 4) is 10.4 Å². The average Bonchev–Trinajstić information content (AvgIpc) is 3.27. The summed E-state index contributed by atoms with van der Waals surface area (Å²) in [6, 6.07) is 8.86. The number of aliphatic carboxylic acids is 1. The van der Waals surface area contributed by atoms with Crippen molar-refractivity contribution in [1.29, 1.82) is 0 Å². The van der Waals surface area contributed by atoms with Gasteiger partial charge in [-0.3, -0.25) is 4.79 Å². The molecule has 160 valence electrons. The Hall–Kier alpha value is -1.96. The number of thiophene rings is 1. The number of benzene rings is 1. The number of rotatable bonds is 6. The SMILES string of the molecule is CCC(C(=O)O)N1Cc2sc(-c3ccc(/C=C/C4CCCCC4)cc3)cc2S1(=O)=O. The van der Waals surface area contributed by atoms with E-state index in [1.54, 1.807) is 13.0 Å². The fourth-order valence-electron chi connectivity index (χ4n) is 4.35. The molecule has 0 amide bonds. The Kier molecular flexibility index (Phi) is 6.14. The Morgan fingerprint density at radius 3 is 2.53 bits per heavy atom. The topological polar surface area (TPSA) is 74.7 Å². The van der Waals surface area contributed by atoms with E-state index in [1.165, 1.54) is 43.4 Å². The van der Waals surface area contributed by atoms with Crippen LogP contribution in [0.2, 0.25) is 0 Å². The summed E-state index contributed by atoms with van der Waals surface area (Å²) in [5.41, 5.74) is 2.13. The number of hydrogen-bond donors (Lipinski definition) is 1. The predicted molar refractivity (Wildman–Crippen MR) is 120 cm³/mol. The molecule has 2 aromatic rings. The quantitative estimate of drug-likeness (QED) is 0.648. The molecular weight excluding hydrogens is 418 g/mol. The molecule has 1 aliphatic carbocycles. The minimum atomic E-state index is -3.77. The van der Waals surface area contributed by atoms with E-state index in [4.69, 9.17) is 0 Å². The van der Waals surface area contributed by atoms with Crippen molar-refractivity contribution in [3.05, 3.63) is 46.8 Å². The van der Waals surface area contributed by atoms with Crippen LogP contribution in [0.5, 0.6) is 0 Å². The molecule has 1 saturated carbocycles. The molecule has 1 aromatic carbocycles. The third-order valence-corrected chi connectivity index (χ3v) is 9.30. The number of carboxylic acids is 1. The highest BCUT2D eigenvalue weighted by Crippen LogP contribution is 2.42. The molecule has 0 saturated heterocycles. The molecule has 7 heteroatoms. The summed E-state index contributed by atoms with van der Waals surface area (Å²) in [6.45, 7) is 1.83. The lowest BCUT2D eigenvalue weighted by atomic mass is 9.89. The summed E-state index contributed by atoms with van der Waals surface area (Å²) in [4.78, 5) is 13.3. The number of allylic oxidation sites excluding steroid dienone is 1. The molecule has 1 aliphatic heterocycles. The maximum Gasteiger partial charge on any atom is 0.322 e. The summed E-state index contributed by atoms with van der Waals surface area (Å²) >= 11 is 1.43. The lowest BCUT2D eigenvalue weighted by Gasteiger charge is -2.21. The van der Waals surface area contributed by atoms with Crippen molar-refractivity contribution in [2.75, 3.05) is 0 Å². The van der Waals surface area contributed by atoms with Crippen molar-refractivity contribution in [1.82, 2.24) is 4.31 Å². The maximum absolute atomic E-state index is 12.9. The van der Waals surface area contributed by atoms with Gasteiger partial charge < -0.3 is 5.11 Å². The molecule has 1 N–H and O–H groups in total. The molecule has 4 rings (SSSR count). The number of carboxylic acid groups (broad SMARTS) is 1. The van der Waals surface area contributed by atoms with Crippen LogP contribution < -0.4 is 0 Å². The largest absolute Gasteiger partial charge is 0.480 e. The first-order chi connectivity index (χ1) is 14.4. The number of sulfonamides is 1. The number of nitrogens with zero attached hydrogens (tertiary/aromatic N) is 1. The van der Waals surface area contributed by atoms with E-state index in [9.17, 15) is 18.3 Å². The second-order valence-corrected chi connectivity index (χ2v) is 11.1. The van der Waals surface area contributed by atoms with Crippen molar-refractivity contribution in [2.24, 2.45) is 5.92 Å². The van der Waals surface area contributed by atoms with Crippen LogP contribution in [0.3, 0.4) is 0 Å². The van der Waals surface area contributed by atoms with Crippen LogP contribution in [0.15, 0.2) is 41.3 Å². The van der Waals surface area contributed by atoms with E-state index in [0.29, 0.717) is 10.8 Å². The third kappa shape index (κ3) is 4.11. The predicted octanol–water partition coefficient (Wildman–Crippen LogP) is 5.38. The van der Waals surface area contributed by atoms with Crippen LogP contribution in [0.1, 0.15) is 55.9 Å². The van der Waals surface area contributed by atoms with Gasteiger partial charge in [-0.05, 0) is 42.4 Å². The molecule has 0 radical (unpaired) electrons. The number of carbonyl (C=O) groups is 1. The highest BCUT2D eigenvalue weighted by molar-refractivity contribution is 7.89. The highest BCUT2D eigenvalue weighted by atomic mass is 32.2. The van der Waals surface area contributed by atoms with Gasteiger partial charge in [-0.15, -0.1) is 11.3 Å². The zero-order chi connectivity index (χ0) is 21.3. The van der Waals surface area contributed by atoms with E-state index in [-0.39, 0.29) is 17.9 Å². The monoisotopic (exact) mass is 445 g/mol. The summed E-state index contributed by atoms with van der Waals surface area (Å²) in [5.74, 6) is -0.419. The summed E-state index contributed by atoms with van der Waals surface area (Å²) in [6.07, 6.45) is 11.3. The standard InChI is InChI=1S/C23H27NO4S2/c1-2-19(23(25)26)24-15-21-22(30(24,27)28)14-20(29-21)18-12-10-17(11-13-18)9-8-16-6-4-3-5-7-16/h8-14,16,19H,2-7,15H2,1H3,(H,25,26)/b9-8+. The summed E-state index contributed by atoms with van der Waals surface area (Å²) < 4.78 is 26.9. The minimum Gasteiger partial charge on any atom is -0.480 e. The smallest absolute Gasteiger partial charge is 0.322 e. The van der Waals surface area contributed by atoms with E-state index in [1.807, 2.05) is 12.1 Å². The second-order valence-electron chi connectivity index (χ2n) is 8.09. The lowest BCUT2D eigenvalue weighted by molar-refractivity contribution is -0.141. The van der Waals surface area contributed by atoms with Crippen LogP contribution in [0.25, 0.3) is 16.5 Å². The molecule has 2 aliphatic rings. The second kappa shape index (κ2) is 8.65. The van der Waals surface area contributed by atoms with Gasteiger partial charge in [0.25, 0.3) is 0 Å². The first-order valence-electron chi connectivity index (χ1n) is 10.6.